The minimum absolute atomic E-state index is 0.204. The first-order valence-electron chi connectivity index (χ1n) is 6.13. The number of carbonyl (C=O) groups is 2. The molecule has 1 aromatic rings. The first kappa shape index (κ1) is 14.9. The summed E-state index contributed by atoms with van der Waals surface area (Å²) in [5, 5.41) is 11.8. The molecule has 19 heavy (non-hydrogen) atoms. The van der Waals surface area contributed by atoms with E-state index in [0.717, 1.165) is 5.56 Å². The van der Waals surface area contributed by atoms with Crippen LogP contribution < -0.4 is 5.32 Å². The van der Waals surface area contributed by atoms with Crippen LogP contribution in [0.3, 0.4) is 0 Å². The number of nitrogens with one attached hydrogen (secondary N) is 1. The summed E-state index contributed by atoms with van der Waals surface area (Å²) >= 11 is 0. The van der Waals surface area contributed by atoms with Crippen LogP contribution in [0.25, 0.3) is 0 Å². The molecule has 1 aromatic heterocycles. The van der Waals surface area contributed by atoms with Crippen LogP contribution in [0, 0.1) is 0 Å². The topological polar surface area (TPSA) is 82.5 Å². The first-order valence-corrected chi connectivity index (χ1v) is 6.13. The highest BCUT2D eigenvalue weighted by Crippen LogP contribution is 2.11. The number of likely N-dealkylation sites (N-methyl/N-ethyl adjacent to an activating group) is 1. The van der Waals surface area contributed by atoms with Gasteiger partial charge in [-0.25, -0.2) is 9.59 Å². The molecule has 0 spiro atoms. The molecule has 104 valence electrons. The van der Waals surface area contributed by atoms with E-state index in [-0.39, 0.29) is 6.04 Å². The molecule has 0 aromatic carbocycles. The number of carboxylic acid groups (broad SMARTS) is 1. The number of aromatic nitrogens is 1. The third-order valence-corrected chi connectivity index (χ3v) is 3.01. The second kappa shape index (κ2) is 6.72. The van der Waals surface area contributed by atoms with E-state index in [4.69, 9.17) is 5.11 Å². The van der Waals surface area contributed by atoms with Gasteiger partial charge in [0.2, 0.25) is 0 Å². The summed E-state index contributed by atoms with van der Waals surface area (Å²) < 4.78 is 0. The molecule has 0 saturated heterocycles. The van der Waals surface area contributed by atoms with Crippen LogP contribution in [-0.2, 0) is 4.79 Å². The zero-order valence-corrected chi connectivity index (χ0v) is 11.3. The van der Waals surface area contributed by atoms with Crippen LogP contribution in [0.5, 0.6) is 0 Å². The summed E-state index contributed by atoms with van der Waals surface area (Å²) in [6, 6.07) is 2.19. The second-order valence-corrected chi connectivity index (χ2v) is 4.32. The zero-order valence-electron chi connectivity index (χ0n) is 11.3. The van der Waals surface area contributed by atoms with Gasteiger partial charge in [0.25, 0.3) is 0 Å². The van der Waals surface area contributed by atoms with Gasteiger partial charge in [-0.05, 0) is 31.0 Å². The number of rotatable bonds is 5. The van der Waals surface area contributed by atoms with E-state index >= 15 is 0 Å². The fraction of sp³-hybridized carbons (Fsp3) is 0.462. The third-order valence-electron chi connectivity index (χ3n) is 3.01. The number of amides is 2. The molecule has 2 amide bonds. The summed E-state index contributed by atoms with van der Waals surface area (Å²) in [5.74, 6) is -1.00. The predicted octanol–water partition coefficient (Wildman–Crippen LogP) is 1.65. The zero-order chi connectivity index (χ0) is 14.4. The Balaban J connectivity index is 2.66. The van der Waals surface area contributed by atoms with E-state index in [1.807, 2.05) is 6.92 Å². The number of hydrogen-bond acceptors (Lipinski definition) is 3. The molecule has 6 heteroatoms. The molecule has 0 radical (unpaired) electrons. The molecule has 2 N–H and O–H groups in total. The van der Waals surface area contributed by atoms with E-state index in [0.29, 0.717) is 6.42 Å². The van der Waals surface area contributed by atoms with E-state index in [9.17, 15) is 9.59 Å². The molecule has 0 aliphatic heterocycles. The van der Waals surface area contributed by atoms with Gasteiger partial charge in [0.05, 0.1) is 6.04 Å². The third kappa shape index (κ3) is 3.94. The molecule has 1 rings (SSSR count). The number of pyridine rings is 1. The maximum atomic E-state index is 12.0. The number of carbonyl (C=O) groups excluding carboxylic acids is 1. The Morgan fingerprint density at radius 2 is 2.00 bits per heavy atom. The molecule has 1 heterocycles. The standard InChI is InChI=1S/C13H19N3O3/c1-4-11(12(17)18)16(3)13(19)15-9(2)10-5-7-14-8-6-10/h5-9,11H,4H2,1-3H3,(H,15,19)(H,17,18). The Kier molecular flexibility index (Phi) is 5.29. The molecular formula is C13H19N3O3. The number of hydrogen-bond donors (Lipinski definition) is 2. The summed E-state index contributed by atoms with van der Waals surface area (Å²) in [5.41, 5.74) is 0.917. The van der Waals surface area contributed by atoms with E-state index in [1.165, 1.54) is 11.9 Å². The fourth-order valence-corrected chi connectivity index (χ4v) is 1.78. The van der Waals surface area contributed by atoms with Crippen LogP contribution in [0.2, 0.25) is 0 Å². The van der Waals surface area contributed by atoms with Crippen LogP contribution in [0.15, 0.2) is 24.5 Å². The molecule has 6 nitrogen and oxygen atoms in total. The summed E-state index contributed by atoms with van der Waals surface area (Å²) in [6.07, 6.45) is 3.66. The fourth-order valence-electron chi connectivity index (χ4n) is 1.78. The van der Waals surface area contributed by atoms with E-state index in [2.05, 4.69) is 10.3 Å². The van der Waals surface area contributed by atoms with Crippen LogP contribution in [-0.4, -0.2) is 40.1 Å². The van der Waals surface area contributed by atoms with Gasteiger partial charge < -0.3 is 15.3 Å². The Labute approximate surface area is 112 Å². The summed E-state index contributed by atoms with van der Waals surface area (Å²) in [4.78, 5) is 28.1. The van der Waals surface area contributed by atoms with E-state index in [1.54, 1.807) is 31.5 Å². The van der Waals surface area contributed by atoms with Crippen molar-refractivity contribution in [3.8, 4) is 0 Å². The lowest BCUT2D eigenvalue weighted by Gasteiger charge is -2.26. The lowest BCUT2D eigenvalue weighted by molar-refractivity contribution is -0.141. The number of urea groups is 1. The number of carboxylic acids is 1. The van der Waals surface area contributed by atoms with Crippen LogP contribution in [0.1, 0.15) is 31.9 Å². The second-order valence-electron chi connectivity index (χ2n) is 4.32. The Hall–Kier alpha value is -2.11. The van der Waals surface area contributed by atoms with Gasteiger partial charge in [0.1, 0.15) is 6.04 Å². The van der Waals surface area contributed by atoms with Crippen molar-refractivity contribution in [1.82, 2.24) is 15.2 Å². The van der Waals surface area contributed by atoms with Gasteiger partial charge in [0.15, 0.2) is 0 Å². The van der Waals surface area contributed by atoms with E-state index < -0.39 is 18.0 Å². The summed E-state index contributed by atoms with van der Waals surface area (Å²) in [7, 11) is 1.48. The molecule has 0 aliphatic rings. The van der Waals surface area contributed by atoms with Crippen molar-refractivity contribution in [3.05, 3.63) is 30.1 Å². The van der Waals surface area contributed by atoms with Crippen molar-refractivity contribution in [3.63, 3.8) is 0 Å². The minimum Gasteiger partial charge on any atom is -0.480 e. The smallest absolute Gasteiger partial charge is 0.326 e. The van der Waals surface area contributed by atoms with Crippen LogP contribution >= 0.6 is 0 Å². The summed E-state index contributed by atoms with van der Waals surface area (Å²) in [6.45, 7) is 3.57. The molecule has 0 fully saturated rings. The minimum atomic E-state index is -1.00. The Morgan fingerprint density at radius 3 is 2.47 bits per heavy atom. The Morgan fingerprint density at radius 1 is 1.42 bits per heavy atom. The molecule has 0 bridgehead atoms. The van der Waals surface area contributed by atoms with Gasteiger partial charge in [-0.2, -0.15) is 0 Å². The lowest BCUT2D eigenvalue weighted by atomic mass is 10.1. The number of nitrogens with zero attached hydrogens (tertiary/aromatic N) is 2. The highest BCUT2D eigenvalue weighted by atomic mass is 16.4. The quantitative estimate of drug-likeness (QED) is 0.848. The average Bonchev–Trinajstić information content (AvgIpc) is 2.39. The lowest BCUT2D eigenvalue weighted by Crippen LogP contribution is -2.47. The maximum absolute atomic E-state index is 12.0. The Bertz CT molecular complexity index is 436. The SMILES string of the molecule is CCC(C(=O)O)N(C)C(=O)NC(C)c1ccncc1. The normalized spacial score (nSPS) is 13.4. The molecule has 0 saturated carbocycles. The van der Waals surface area contributed by atoms with Crippen molar-refractivity contribution < 1.29 is 14.7 Å². The van der Waals surface area contributed by atoms with Gasteiger partial charge >= 0.3 is 12.0 Å². The van der Waals surface area contributed by atoms with Crippen LogP contribution in [0.4, 0.5) is 4.79 Å². The largest absolute Gasteiger partial charge is 0.480 e. The average molecular weight is 265 g/mol. The highest BCUT2D eigenvalue weighted by Gasteiger charge is 2.25. The van der Waals surface area contributed by atoms with Crippen molar-refractivity contribution in [1.29, 1.82) is 0 Å². The van der Waals surface area contributed by atoms with Crippen molar-refractivity contribution in [2.24, 2.45) is 0 Å². The first-order chi connectivity index (χ1) is 8.97. The van der Waals surface area contributed by atoms with Gasteiger partial charge in [-0.1, -0.05) is 6.92 Å². The van der Waals surface area contributed by atoms with Crippen molar-refractivity contribution >= 4 is 12.0 Å². The molecule has 2 unspecified atom stereocenters. The van der Waals surface area contributed by atoms with Crippen molar-refractivity contribution in [2.45, 2.75) is 32.4 Å². The van der Waals surface area contributed by atoms with Gasteiger partial charge in [0, 0.05) is 19.4 Å². The van der Waals surface area contributed by atoms with Crippen molar-refractivity contribution in [2.75, 3.05) is 7.05 Å². The van der Waals surface area contributed by atoms with Gasteiger partial charge in [-0.3, -0.25) is 4.98 Å². The monoisotopic (exact) mass is 265 g/mol. The number of aliphatic carboxylic acids is 1. The van der Waals surface area contributed by atoms with Gasteiger partial charge in [-0.15, -0.1) is 0 Å². The highest BCUT2D eigenvalue weighted by molar-refractivity contribution is 5.82. The predicted molar refractivity (Wildman–Crippen MR) is 70.7 cm³/mol. The molecular weight excluding hydrogens is 246 g/mol. The molecule has 0 aliphatic carbocycles. The maximum Gasteiger partial charge on any atom is 0.326 e. The molecule has 2 atom stereocenters.